The molecule has 4 heteroatoms. The normalized spacial score (nSPS) is 13.6. The van der Waals surface area contributed by atoms with Crippen LogP contribution in [-0.2, 0) is 0 Å². The first-order valence-electron chi connectivity index (χ1n) is 3.52. The Morgan fingerprint density at radius 2 is 1.82 bits per heavy atom. The predicted molar refractivity (Wildman–Crippen MR) is 39.5 cm³/mol. The lowest BCUT2D eigenvalue weighted by atomic mass is 9.87. The fraction of sp³-hybridized carbons (Fsp3) is 1.00. The fourth-order valence-corrected chi connectivity index (χ4v) is 0.828. The first kappa shape index (κ1) is 10.8. The van der Waals surface area contributed by atoms with Crippen LogP contribution >= 0.6 is 0 Å². The molecule has 0 aliphatic rings. The Labute approximate surface area is 65.4 Å². The average molecular weight is 167 g/mol. The lowest BCUT2D eigenvalue weighted by Gasteiger charge is -2.26. The van der Waals surface area contributed by atoms with Crippen LogP contribution in [0, 0.1) is 5.41 Å². The Morgan fingerprint density at radius 3 is 2.09 bits per heavy atom. The second-order valence-electron chi connectivity index (χ2n) is 3.56. The van der Waals surface area contributed by atoms with Crippen molar-refractivity contribution in [3.8, 4) is 0 Å². The molecule has 11 heavy (non-hydrogen) atoms. The number of aliphatic hydroxyl groups is 1. The largest absolute Gasteiger partial charge is 0.396 e. The standard InChI is InChI=1S/C7H15F2NO/c1-6(2,5-11)3-7(8,9)4-10/h11H,3-5,10H2,1-2H3. The van der Waals surface area contributed by atoms with E-state index in [2.05, 4.69) is 0 Å². The summed E-state index contributed by atoms with van der Waals surface area (Å²) >= 11 is 0. The first-order chi connectivity index (χ1) is 4.83. The summed E-state index contributed by atoms with van der Waals surface area (Å²) in [5, 5.41) is 8.68. The summed E-state index contributed by atoms with van der Waals surface area (Å²) in [6.45, 7) is 2.26. The molecule has 0 bridgehead atoms. The van der Waals surface area contributed by atoms with E-state index < -0.39 is 17.9 Å². The van der Waals surface area contributed by atoms with Gasteiger partial charge in [-0.2, -0.15) is 0 Å². The van der Waals surface area contributed by atoms with Gasteiger partial charge < -0.3 is 10.8 Å². The van der Waals surface area contributed by atoms with Crippen LogP contribution in [-0.4, -0.2) is 24.2 Å². The molecule has 0 fully saturated rings. The number of rotatable bonds is 4. The van der Waals surface area contributed by atoms with Gasteiger partial charge in [-0.25, -0.2) is 8.78 Å². The monoisotopic (exact) mass is 167 g/mol. The molecule has 0 saturated heterocycles. The van der Waals surface area contributed by atoms with Crippen molar-refractivity contribution in [3.63, 3.8) is 0 Å². The Kier molecular flexibility index (Phi) is 3.38. The van der Waals surface area contributed by atoms with E-state index in [-0.39, 0.29) is 13.0 Å². The first-order valence-corrected chi connectivity index (χ1v) is 3.52. The highest BCUT2D eigenvalue weighted by Crippen LogP contribution is 2.30. The van der Waals surface area contributed by atoms with E-state index in [0.717, 1.165) is 0 Å². The zero-order valence-corrected chi connectivity index (χ0v) is 6.90. The summed E-state index contributed by atoms with van der Waals surface area (Å²) in [5.41, 5.74) is 4.09. The molecule has 0 aromatic rings. The molecule has 0 radical (unpaired) electrons. The Morgan fingerprint density at radius 1 is 1.36 bits per heavy atom. The van der Waals surface area contributed by atoms with Crippen LogP contribution in [0.1, 0.15) is 20.3 Å². The molecule has 0 aromatic heterocycles. The van der Waals surface area contributed by atoms with Crippen molar-refractivity contribution in [2.45, 2.75) is 26.2 Å². The van der Waals surface area contributed by atoms with Crippen molar-refractivity contribution in [1.82, 2.24) is 0 Å². The molecule has 0 spiro atoms. The third-order valence-electron chi connectivity index (χ3n) is 1.46. The van der Waals surface area contributed by atoms with Gasteiger partial charge >= 0.3 is 0 Å². The van der Waals surface area contributed by atoms with E-state index >= 15 is 0 Å². The minimum atomic E-state index is -2.85. The molecule has 0 amide bonds. The molecule has 0 heterocycles. The van der Waals surface area contributed by atoms with Crippen molar-refractivity contribution >= 4 is 0 Å². The minimum absolute atomic E-state index is 0.247. The highest BCUT2D eigenvalue weighted by atomic mass is 19.3. The molecule has 0 unspecified atom stereocenters. The van der Waals surface area contributed by atoms with Gasteiger partial charge in [0.25, 0.3) is 5.92 Å². The maximum absolute atomic E-state index is 12.6. The number of hydrogen-bond donors (Lipinski definition) is 2. The van der Waals surface area contributed by atoms with Gasteiger partial charge in [0.1, 0.15) is 0 Å². The number of aliphatic hydroxyl groups excluding tert-OH is 1. The highest BCUT2D eigenvalue weighted by molar-refractivity contribution is 4.78. The molecular weight excluding hydrogens is 152 g/mol. The highest BCUT2D eigenvalue weighted by Gasteiger charge is 2.34. The van der Waals surface area contributed by atoms with Crippen LogP contribution in [0.5, 0.6) is 0 Å². The molecule has 0 rings (SSSR count). The number of hydrogen-bond acceptors (Lipinski definition) is 2. The molecule has 68 valence electrons. The summed E-state index contributed by atoms with van der Waals surface area (Å²) < 4.78 is 25.2. The van der Waals surface area contributed by atoms with Crippen molar-refractivity contribution in [2.75, 3.05) is 13.2 Å². The van der Waals surface area contributed by atoms with E-state index in [1.807, 2.05) is 0 Å². The van der Waals surface area contributed by atoms with Crippen LogP contribution in [0.25, 0.3) is 0 Å². The van der Waals surface area contributed by atoms with E-state index in [1.165, 1.54) is 0 Å². The third-order valence-corrected chi connectivity index (χ3v) is 1.46. The molecule has 0 atom stereocenters. The SMILES string of the molecule is CC(C)(CO)CC(F)(F)CN. The molecule has 0 aliphatic carbocycles. The molecule has 0 saturated carbocycles. The zero-order chi connectivity index (χ0) is 9.12. The third kappa shape index (κ3) is 4.27. The van der Waals surface area contributed by atoms with E-state index in [0.29, 0.717) is 0 Å². The minimum Gasteiger partial charge on any atom is -0.396 e. The van der Waals surface area contributed by atoms with Crippen molar-refractivity contribution in [2.24, 2.45) is 11.1 Å². The molecule has 0 aliphatic heterocycles. The lowest BCUT2D eigenvalue weighted by molar-refractivity contribution is -0.0425. The smallest absolute Gasteiger partial charge is 0.260 e. The summed E-state index contributed by atoms with van der Waals surface area (Å²) in [4.78, 5) is 0. The van der Waals surface area contributed by atoms with Crippen molar-refractivity contribution < 1.29 is 13.9 Å². The van der Waals surface area contributed by atoms with Crippen LogP contribution in [0.4, 0.5) is 8.78 Å². The van der Waals surface area contributed by atoms with Gasteiger partial charge in [-0.1, -0.05) is 13.8 Å². The molecular formula is C7H15F2NO. The van der Waals surface area contributed by atoms with Gasteiger partial charge in [0.15, 0.2) is 0 Å². The Balaban J connectivity index is 4.02. The van der Waals surface area contributed by atoms with Gasteiger partial charge in [0, 0.05) is 13.0 Å². The van der Waals surface area contributed by atoms with Gasteiger partial charge in [0.2, 0.25) is 0 Å². The maximum Gasteiger partial charge on any atom is 0.260 e. The Hall–Kier alpha value is -0.220. The van der Waals surface area contributed by atoms with Crippen molar-refractivity contribution in [3.05, 3.63) is 0 Å². The van der Waals surface area contributed by atoms with Crippen LogP contribution in [0.15, 0.2) is 0 Å². The molecule has 3 N–H and O–H groups in total. The summed E-state index contributed by atoms with van der Waals surface area (Å²) in [6, 6.07) is 0. The fourth-order valence-electron chi connectivity index (χ4n) is 0.828. The summed E-state index contributed by atoms with van der Waals surface area (Å²) in [7, 11) is 0. The summed E-state index contributed by atoms with van der Waals surface area (Å²) in [5.74, 6) is -2.85. The average Bonchev–Trinajstić information content (AvgIpc) is 1.86. The predicted octanol–water partition coefficient (Wildman–Crippen LogP) is 0.989. The van der Waals surface area contributed by atoms with Gasteiger partial charge in [-0.05, 0) is 5.41 Å². The maximum atomic E-state index is 12.6. The van der Waals surface area contributed by atoms with Crippen molar-refractivity contribution in [1.29, 1.82) is 0 Å². The Bertz CT molecular complexity index is 112. The van der Waals surface area contributed by atoms with Crippen LogP contribution in [0.2, 0.25) is 0 Å². The number of alkyl halides is 2. The zero-order valence-electron chi connectivity index (χ0n) is 6.90. The quantitative estimate of drug-likeness (QED) is 0.655. The van der Waals surface area contributed by atoms with E-state index in [9.17, 15) is 8.78 Å². The molecule has 0 aromatic carbocycles. The van der Waals surface area contributed by atoms with E-state index in [4.69, 9.17) is 10.8 Å². The second kappa shape index (κ2) is 3.45. The van der Waals surface area contributed by atoms with Gasteiger partial charge in [-0.15, -0.1) is 0 Å². The molecule has 2 nitrogen and oxygen atoms in total. The number of nitrogens with two attached hydrogens (primary N) is 1. The van der Waals surface area contributed by atoms with Crippen LogP contribution < -0.4 is 5.73 Å². The lowest BCUT2D eigenvalue weighted by Crippen LogP contribution is -2.35. The summed E-state index contributed by atoms with van der Waals surface area (Å²) in [6.07, 6.45) is -0.368. The number of halogens is 2. The van der Waals surface area contributed by atoms with E-state index in [1.54, 1.807) is 13.8 Å². The topological polar surface area (TPSA) is 46.2 Å². The second-order valence-corrected chi connectivity index (χ2v) is 3.56. The van der Waals surface area contributed by atoms with Gasteiger partial charge in [-0.3, -0.25) is 0 Å². The van der Waals surface area contributed by atoms with Crippen LogP contribution in [0.3, 0.4) is 0 Å². The van der Waals surface area contributed by atoms with Gasteiger partial charge in [0.05, 0.1) is 6.54 Å².